The van der Waals surface area contributed by atoms with Gasteiger partial charge < -0.3 is 45.7 Å². The average Bonchev–Trinajstić information content (AvgIpc) is 3.42. The standard InChI is InChI=1S/C21H29N4O7.C8H13NO3.C6H11NO3.3C4H9.2C3H6O2.Sn/c1-22-15(10-11-18(27)28)20(30)24-13-17(26)25-16(21(31)32)9-5-6-12-23-19(29)14-7-3-2-4-8-14;10-6-3-1-2-4-8(12)9-5-7-11;1-7(10-2)6(9)4-3-5-8;3*1-3-4-2;2*1-2-3(4)5;/h2-3,7-8,15-16,22H,5-6,9-13H2,1H3,(H,23,29)(H,24,30)(H,25,26)(H,27,28)(H,31,32);6-7H,1-5H2,(H,9,12);5H,3-4H2,1-2H3;3*1,3-4H2,2H3;2*2H2,1H3,(H,4,5);. The zero-order valence-corrected chi connectivity index (χ0v) is 49.8. The Labute approximate surface area is 459 Å². The van der Waals surface area contributed by atoms with Crippen molar-refractivity contribution in [1.29, 1.82) is 0 Å². The van der Waals surface area contributed by atoms with Crippen molar-refractivity contribution in [2.24, 2.45) is 0 Å². The van der Waals surface area contributed by atoms with E-state index < -0.39 is 72.7 Å². The second-order valence-electron chi connectivity index (χ2n) is 17.5. The number of hydrogen-bond acceptors (Lipinski definition) is 14. The molecule has 0 heterocycles. The van der Waals surface area contributed by atoms with E-state index in [0.29, 0.717) is 56.8 Å². The average molecular weight is 1200 g/mol. The molecule has 0 saturated carbocycles. The molecule has 0 fully saturated rings. The number of nitrogens with zero attached hydrogens (tertiary/aromatic N) is 1. The van der Waals surface area contributed by atoms with Gasteiger partial charge in [0.15, 0.2) is 0 Å². The summed E-state index contributed by atoms with van der Waals surface area (Å²) in [5.41, 5.74) is 0.680. The van der Waals surface area contributed by atoms with Gasteiger partial charge in [-0.25, -0.2) is 5.06 Å². The number of nitrogens with one attached hydrogen (secondary N) is 5. The van der Waals surface area contributed by atoms with Gasteiger partial charge in [-0.05, 0) is 26.3 Å². The largest absolute Gasteiger partial charge is 0.349 e. The molecular formula is C53H92N6O17Sn. The van der Waals surface area contributed by atoms with Crippen LogP contribution in [-0.2, 0) is 57.6 Å². The van der Waals surface area contributed by atoms with Crippen LogP contribution in [0.5, 0.6) is 0 Å². The zero-order chi connectivity index (χ0) is 59.5. The van der Waals surface area contributed by atoms with Gasteiger partial charge in [-0.1, -0.05) is 13.8 Å². The van der Waals surface area contributed by atoms with E-state index in [2.05, 4.69) is 64.3 Å². The molecule has 0 bridgehead atoms. The number of aliphatic carboxylic acids is 4. The van der Waals surface area contributed by atoms with E-state index >= 15 is 0 Å². The number of rotatable bonds is 38. The van der Waals surface area contributed by atoms with Crippen LogP contribution in [0.3, 0.4) is 0 Å². The smallest absolute Gasteiger partial charge is 0.246 e. The Hall–Kier alpha value is -5.82. The molecule has 1 aromatic rings. The van der Waals surface area contributed by atoms with Crippen LogP contribution in [0.25, 0.3) is 0 Å². The fraction of sp³-hybridized carbons (Fsp3) is 0.660. The van der Waals surface area contributed by atoms with Crippen LogP contribution < -0.4 is 30.2 Å². The molecule has 0 radical (unpaired) electrons. The van der Waals surface area contributed by atoms with Crippen molar-refractivity contribution in [2.45, 2.75) is 182 Å². The maximum Gasteiger partial charge on any atom is 0.246 e. The first-order valence-electron chi connectivity index (χ1n) is 26.5. The van der Waals surface area contributed by atoms with Gasteiger partial charge in [0.25, 0.3) is 0 Å². The molecule has 0 aliphatic heterocycles. The molecule has 24 heteroatoms. The van der Waals surface area contributed by atoms with Gasteiger partial charge in [0.05, 0.1) is 26.2 Å². The summed E-state index contributed by atoms with van der Waals surface area (Å²) < 4.78 is 5.43. The van der Waals surface area contributed by atoms with Gasteiger partial charge in [0.2, 0.25) is 17.7 Å². The quantitative estimate of drug-likeness (QED) is 0.0186. The Morgan fingerprint density at radius 2 is 1.19 bits per heavy atom. The first kappa shape index (κ1) is 77.7. The molecule has 0 aliphatic rings. The molecule has 9 N–H and O–H groups in total. The van der Waals surface area contributed by atoms with Crippen molar-refractivity contribution in [1.82, 2.24) is 31.6 Å². The molecule has 77 heavy (non-hydrogen) atoms. The summed E-state index contributed by atoms with van der Waals surface area (Å²) in [6, 6.07) is 6.38. The van der Waals surface area contributed by atoms with Gasteiger partial charge in [-0.3, -0.25) is 38.4 Å². The Morgan fingerprint density at radius 3 is 1.65 bits per heavy atom. The number of amides is 5. The first-order valence-corrected chi connectivity index (χ1v) is 34.0. The second kappa shape index (κ2) is 52.2. The predicted octanol–water partition coefficient (Wildman–Crippen LogP) is 4.79. The summed E-state index contributed by atoms with van der Waals surface area (Å²) in [6.07, 6.45) is 13.8. The van der Waals surface area contributed by atoms with E-state index in [1.54, 1.807) is 13.8 Å². The van der Waals surface area contributed by atoms with Gasteiger partial charge in [0.1, 0.15) is 18.9 Å². The van der Waals surface area contributed by atoms with Crippen LogP contribution in [0, 0.1) is 0 Å². The van der Waals surface area contributed by atoms with E-state index in [9.17, 15) is 62.6 Å². The summed E-state index contributed by atoms with van der Waals surface area (Å²) in [7, 11) is 4.42. The molecule has 440 valence electrons. The number of unbranched alkanes of at least 4 members (excludes halogenated alkanes) is 6. The van der Waals surface area contributed by atoms with Gasteiger partial charge in [-0.15, -0.1) is 0 Å². The number of carboxylic acids is 4. The summed E-state index contributed by atoms with van der Waals surface area (Å²) in [4.78, 5) is 134. The molecular weight excluding hydrogens is 1110 g/mol. The second-order valence-corrected chi connectivity index (χ2v) is 30.8. The Bertz CT molecular complexity index is 1840. The minimum absolute atomic E-state index is 0.0548. The Morgan fingerprint density at radius 1 is 0.636 bits per heavy atom. The predicted molar refractivity (Wildman–Crippen MR) is 294 cm³/mol. The Kier molecular flexibility index (Phi) is 52.7. The number of aldehydes is 3. The summed E-state index contributed by atoms with van der Waals surface area (Å²) in [5, 5.41) is 47.8. The van der Waals surface area contributed by atoms with Crippen LogP contribution in [0.1, 0.15) is 167 Å². The zero-order valence-electron chi connectivity index (χ0n) is 46.9. The third kappa shape index (κ3) is 45.0. The van der Waals surface area contributed by atoms with Crippen LogP contribution >= 0.6 is 0 Å². The van der Waals surface area contributed by atoms with Crippen molar-refractivity contribution < 1.29 is 82.8 Å². The molecule has 0 aromatic heterocycles. The third-order valence-corrected chi connectivity index (χ3v) is 27.0. The normalized spacial score (nSPS) is 10.9. The molecule has 0 saturated heterocycles. The number of carbonyl (C=O) groups is 12. The number of hydrogen-bond donors (Lipinski definition) is 9. The van der Waals surface area contributed by atoms with Gasteiger partial charge >= 0.3 is 217 Å². The summed E-state index contributed by atoms with van der Waals surface area (Å²) in [5.74, 6) is -5.35. The van der Waals surface area contributed by atoms with Crippen molar-refractivity contribution in [2.75, 3.05) is 40.8 Å². The van der Waals surface area contributed by atoms with Crippen LogP contribution in [-0.4, -0.2) is 169 Å². The Balaban J connectivity index is -0.000000665. The molecule has 1 aromatic carbocycles. The van der Waals surface area contributed by atoms with Crippen LogP contribution in [0.2, 0.25) is 13.3 Å². The summed E-state index contributed by atoms with van der Waals surface area (Å²) >= 11 is -2.67. The van der Waals surface area contributed by atoms with E-state index in [1.165, 1.54) is 76.6 Å². The SMILES string of the molecule is CCC(=O)O.CCC(=O)O.CCC[CH2][Sn]([CH2]CCC)([CH2]CCC)[c]1cccc(C(=O)NCCCCC(NC(=O)CNC(=O)C(CCC(=O)O)NC)C(=O)O)c1.CON(C)C(=O)CCC=O.O=CCCCCC(=O)NCC=O. The number of hydroxylamine groups is 2. The molecule has 2 unspecified atom stereocenters. The maximum atomic E-state index is 13.1. The van der Waals surface area contributed by atoms with E-state index in [4.69, 9.17) is 15.3 Å². The van der Waals surface area contributed by atoms with Crippen LogP contribution in [0.4, 0.5) is 0 Å². The van der Waals surface area contributed by atoms with Crippen molar-refractivity contribution in [3.05, 3.63) is 29.8 Å². The maximum absolute atomic E-state index is 13.1. The minimum Gasteiger partial charge on any atom is -0.349 e. The van der Waals surface area contributed by atoms with Gasteiger partial charge in [0, 0.05) is 52.0 Å². The van der Waals surface area contributed by atoms with Crippen molar-refractivity contribution >= 4 is 94.2 Å². The van der Waals surface area contributed by atoms with E-state index in [1.807, 2.05) is 12.1 Å². The van der Waals surface area contributed by atoms with Crippen molar-refractivity contribution in [3.63, 3.8) is 0 Å². The number of carboxylic acid groups (broad SMARTS) is 4. The van der Waals surface area contributed by atoms with E-state index in [-0.39, 0.29) is 69.2 Å². The molecule has 1 rings (SSSR count). The van der Waals surface area contributed by atoms with Gasteiger partial charge in [-0.2, -0.15) is 0 Å². The molecule has 23 nitrogen and oxygen atoms in total. The first-order chi connectivity index (χ1) is 36.6. The molecule has 5 amide bonds. The van der Waals surface area contributed by atoms with E-state index in [0.717, 1.165) is 17.8 Å². The molecule has 0 aliphatic carbocycles. The molecule has 2 atom stereocenters. The number of likely N-dealkylation sites (N-methyl/N-ethyl adjacent to an activating group) is 1. The number of benzene rings is 1. The van der Waals surface area contributed by atoms with Crippen LogP contribution in [0.15, 0.2) is 24.3 Å². The monoisotopic (exact) mass is 1200 g/mol. The van der Waals surface area contributed by atoms with Crippen molar-refractivity contribution in [3.8, 4) is 0 Å². The topological polar surface area (TPSA) is 358 Å². The molecule has 0 spiro atoms. The number of carbonyl (C=O) groups excluding carboxylic acids is 8. The fourth-order valence-corrected chi connectivity index (χ4v) is 22.8. The fourth-order valence-electron chi connectivity index (χ4n) is 6.79. The third-order valence-electron chi connectivity index (χ3n) is 11.4. The minimum atomic E-state index is -2.67. The summed E-state index contributed by atoms with van der Waals surface area (Å²) in [6.45, 7) is 9.99.